The second-order valence-electron chi connectivity index (χ2n) is 6.57. The van der Waals surface area contributed by atoms with Crippen LogP contribution in [-0.4, -0.2) is 44.7 Å². The van der Waals surface area contributed by atoms with Crippen molar-refractivity contribution in [1.82, 2.24) is 25.2 Å². The van der Waals surface area contributed by atoms with Gasteiger partial charge in [0.1, 0.15) is 5.75 Å². The molecule has 4 rings (SSSR count). The number of methoxy groups -OCH3 is 1. The van der Waals surface area contributed by atoms with E-state index < -0.39 is 0 Å². The molecule has 0 saturated carbocycles. The lowest BCUT2D eigenvalue weighted by atomic mass is 10.2. The van der Waals surface area contributed by atoms with E-state index in [1.54, 1.807) is 31.8 Å². The number of thioether (sulfide) groups is 1. The summed E-state index contributed by atoms with van der Waals surface area (Å²) in [7, 11) is 1.62. The van der Waals surface area contributed by atoms with E-state index in [1.165, 1.54) is 11.8 Å². The quantitative estimate of drug-likeness (QED) is 0.254. The summed E-state index contributed by atoms with van der Waals surface area (Å²) < 4.78 is 7.19. The Balaban J connectivity index is 1.52. The molecule has 32 heavy (non-hydrogen) atoms. The van der Waals surface area contributed by atoms with Gasteiger partial charge >= 0.3 is 0 Å². The van der Waals surface area contributed by atoms with Gasteiger partial charge in [-0.15, -0.1) is 10.2 Å². The number of hydrazone groups is 1. The molecule has 4 aromatic rings. The van der Waals surface area contributed by atoms with Gasteiger partial charge < -0.3 is 4.74 Å². The molecular weight excluding hydrogens is 424 g/mol. The van der Waals surface area contributed by atoms with Crippen molar-refractivity contribution >= 4 is 23.9 Å². The highest BCUT2D eigenvalue weighted by atomic mass is 32.2. The maximum atomic E-state index is 12.3. The van der Waals surface area contributed by atoms with Gasteiger partial charge in [0.25, 0.3) is 5.91 Å². The lowest BCUT2D eigenvalue weighted by Crippen LogP contribution is -2.20. The van der Waals surface area contributed by atoms with Gasteiger partial charge in [-0.2, -0.15) is 5.10 Å². The molecule has 2 aromatic heterocycles. The van der Waals surface area contributed by atoms with E-state index in [2.05, 4.69) is 25.7 Å². The van der Waals surface area contributed by atoms with Crippen LogP contribution < -0.4 is 10.2 Å². The summed E-state index contributed by atoms with van der Waals surface area (Å²) in [6.07, 6.45) is 4.88. The molecule has 0 saturated heterocycles. The van der Waals surface area contributed by atoms with Gasteiger partial charge in [0.05, 0.1) is 19.1 Å². The van der Waals surface area contributed by atoms with Gasteiger partial charge in [0.2, 0.25) is 0 Å². The normalized spacial score (nSPS) is 10.9. The SMILES string of the molecule is COc1ccc(-n2c(SCC(=O)N/N=C\c3cccnc3)nnc2-c2ccccc2)cc1. The highest BCUT2D eigenvalue weighted by molar-refractivity contribution is 7.99. The van der Waals surface area contributed by atoms with Crippen LogP contribution in [0.15, 0.2) is 89.4 Å². The van der Waals surface area contributed by atoms with E-state index in [0.29, 0.717) is 11.0 Å². The highest BCUT2D eigenvalue weighted by Crippen LogP contribution is 2.28. The molecule has 0 aliphatic carbocycles. The fraction of sp³-hybridized carbons (Fsp3) is 0.0870. The summed E-state index contributed by atoms with van der Waals surface area (Å²) >= 11 is 1.28. The largest absolute Gasteiger partial charge is 0.497 e. The van der Waals surface area contributed by atoms with Crippen LogP contribution in [0.3, 0.4) is 0 Å². The van der Waals surface area contributed by atoms with Crippen LogP contribution in [0.2, 0.25) is 0 Å². The molecule has 0 fully saturated rings. The molecule has 1 amide bonds. The van der Waals surface area contributed by atoms with Gasteiger partial charge in [-0.1, -0.05) is 48.2 Å². The number of rotatable bonds is 8. The molecule has 9 heteroatoms. The van der Waals surface area contributed by atoms with Gasteiger partial charge in [-0.25, -0.2) is 5.43 Å². The summed E-state index contributed by atoms with van der Waals surface area (Å²) in [6.45, 7) is 0. The first-order valence-corrected chi connectivity index (χ1v) is 10.7. The van der Waals surface area contributed by atoms with Crippen molar-refractivity contribution in [3.05, 3.63) is 84.7 Å². The van der Waals surface area contributed by atoms with E-state index in [4.69, 9.17) is 4.74 Å². The van der Waals surface area contributed by atoms with E-state index in [9.17, 15) is 4.79 Å². The third-order valence-corrected chi connectivity index (χ3v) is 5.34. The van der Waals surface area contributed by atoms with E-state index in [1.807, 2.05) is 65.2 Å². The molecular formula is C23H20N6O2S. The monoisotopic (exact) mass is 444 g/mol. The van der Waals surface area contributed by atoms with Crippen LogP contribution in [0.4, 0.5) is 0 Å². The Kier molecular flexibility index (Phi) is 6.88. The maximum Gasteiger partial charge on any atom is 0.250 e. The predicted molar refractivity (Wildman–Crippen MR) is 124 cm³/mol. The number of aromatic nitrogens is 4. The number of hydrogen-bond acceptors (Lipinski definition) is 7. The lowest BCUT2D eigenvalue weighted by Gasteiger charge is -2.11. The van der Waals surface area contributed by atoms with Gasteiger partial charge in [-0.05, 0) is 30.3 Å². The molecule has 0 bridgehead atoms. The number of carbonyl (C=O) groups is 1. The summed E-state index contributed by atoms with van der Waals surface area (Å²) in [5.41, 5.74) is 5.11. The minimum Gasteiger partial charge on any atom is -0.497 e. The standard InChI is InChI=1S/C23H20N6O2S/c1-31-20-11-9-19(10-12-20)29-22(18-7-3-2-4-8-18)27-28-23(29)32-16-21(30)26-25-15-17-6-5-13-24-14-17/h2-15H,16H2,1H3,(H,26,30)/b25-15-. The highest BCUT2D eigenvalue weighted by Gasteiger charge is 2.17. The van der Waals surface area contributed by atoms with Crippen LogP contribution in [-0.2, 0) is 4.79 Å². The van der Waals surface area contributed by atoms with E-state index in [0.717, 1.165) is 22.6 Å². The molecule has 1 N–H and O–H groups in total. The second kappa shape index (κ2) is 10.4. The Bertz CT molecular complexity index is 1190. The van der Waals surface area contributed by atoms with Gasteiger partial charge in [0.15, 0.2) is 11.0 Å². The number of amides is 1. The molecule has 0 spiro atoms. The Labute approximate surface area is 189 Å². The molecule has 2 heterocycles. The summed E-state index contributed by atoms with van der Waals surface area (Å²) in [4.78, 5) is 16.3. The average molecular weight is 445 g/mol. The molecule has 160 valence electrons. The summed E-state index contributed by atoms with van der Waals surface area (Å²) in [6, 6.07) is 21.0. The van der Waals surface area contributed by atoms with Crippen LogP contribution in [0, 0.1) is 0 Å². The Morgan fingerprint density at radius 2 is 1.91 bits per heavy atom. The first kappa shape index (κ1) is 21.3. The summed E-state index contributed by atoms with van der Waals surface area (Å²) in [5, 5.41) is 13.3. The van der Waals surface area contributed by atoms with Crippen molar-refractivity contribution in [3.63, 3.8) is 0 Å². The number of ether oxygens (including phenoxy) is 1. The van der Waals surface area contributed by atoms with Crippen molar-refractivity contribution < 1.29 is 9.53 Å². The average Bonchev–Trinajstić information content (AvgIpc) is 3.28. The lowest BCUT2D eigenvalue weighted by molar-refractivity contribution is -0.118. The van der Waals surface area contributed by atoms with Crippen LogP contribution in [0.5, 0.6) is 5.75 Å². The molecule has 8 nitrogen and oxygen atoms in total. The number of benzene rings is 2. The van der Waals surface area contributed by atoms with Crippen molar-refractivity contribution in [2.45, 2.75) is 5.16 Å². The molecule has 0 aliphatic heterocycles. The molecule has 0 atom stereocenters. The first-order valence-electron chi connectivity index (χ1n) is 9.74. The molecule has 0 aliphatic rings. The number of hydrogen-bond donors (Lipinski definition) is 1. The van der Waals surface area contributed by atoms with E-state index >= 15 is 0 Å². The van der Waals surface area contributed by atoms with Gasteiger partial charge in [0, 0.05) is 29.2 Å². The smallest absolute Gasteiger partial charge is 0.250 e. The summed E-state index contributed by atoms with van der Waals surface area (Å²) in [5.74, 6) is 1.32. The third-order valence-electron chi connectivity index (χ3n) is 4.42. The van der Waals surface area contributed by atoms with Crippen molar-refractivity contribution in [1.29, 1.82) is 0 Å². The number of carbonyl (C=O) groups excluding carboxylic acids is 1. The molecule has 0 unspecified atom stereocenters. The van der Waals surface area contributed by atoms with Crippen LogP contribution in [0.1, 0.15) is 5.56 Å². The van der Waals surface area contributed by atoms with Crippen molar-refractivity contribution in [3.8, 4) is 22.8 Å². The van der Waals surface area contributed by atoms with Crippen LogP contribution in [0.25, 0.3) is 17.1 Å². The minimum atomic E-state index is -0.249. The maximum absolute atomic E-state index is 12.3. The Morgan fingerprint density at radius 1 is 1.09 bits per heavy atom. The van der Waals surface area contributed by atoms with Crippen molar-refractivity contribution in [2.24, 2.45) is 5.10 Å². The predicted octanol–water partition coefficient (Wildman–Crippen LogP) is 3.58. The van der Waals surface area contributed by atoms with Crippen molar-refractivity contribution in [2.75, 3.05) is 12.9 Å². The molecule has 2 aromatic carbocycles. The Hall–Kier alpha value is -3.98. The Morgan fingerprint density at radius 3 is 2.62 bits per heavy atom. The third kappa shape index (κ3) is 5.19. The topological polar surface area (TPSA) is 94.3 Å². The molecule has 0 radical (unpaired) electrons. The van der Waals surface area contributed by atoms with Gasteiger partial charge in [-0.3, -0.25) is 14.3 Å². The zero-order valence-corrected chi connectivity index (χ0v) is 18.1. The first-order chi connectivity index (χ1) is 15.7. The zero-order chi connectivity index (χ0) is 22.2. The number of pyridine rings is 1. The fourth-order valence-corrected chi connectivity index (χ4v) is 3.64. The fourth-order valence-electron chi connectivity index (χ4n) is 2.90. The minimum absolute atomic E-state index is 0.132. The zero-order valence-electron chi connectivity index (χ0n) is 17.3. The second-order valence-corrected chi connectivity index (χ2v) is 7.52. The number of nitrogens with one attached hydrogen (secondary N) is 1. The van der Waals surface area contributed by atoms with Crippen LogP contribution >= 0.6 is 11.8 Å². The number of nitrogens with zero attached hydrogens (tertiary/aromatic N) is 5. The van der Waals surface area contributed by atoms with E-state index in [-0.39, 0.29) is 11.7 Å².